The number of imidazole rings is 2. The standard InChI is InChI=1S/C44H50N8O4/c1-26(2)39(51-44(55)56-3)43(54)52-22-6-8-36(52)40-47-24-34(49-40)29-13-9-27(10-14-29)28-11-15-30(16-12-28)35-25-48-41(50-35)37-31-17-18-32(23-31)38(37)42(53)46-21-19-33-7-4-5-20-45-33/h4-5,7,9-16,20,24-26,31-32,36-39H,6,8,17-19,21-23H2,1-3H3,(H,46,53)(H,47,49)(H,48,50)(H,51,55)/t31?,32?,36-,37-,38-,39-/m0/s1. The Kier molecular flexibility index (Phi) is 10.7. The van der Waals surface area contributed by atoms with Crippen molar-refractivity contribution >= 4 is 17.9 Å². The molecule has 2 bridgehead atoms. The molecule has 2 saturated carbocycles. The molecule has 0 spiro atoms. The summed E-state index contributed by atoms with van der Waals surface area (Å²) < 4.78 is 4.76. The average Bonchev–Trinajstić information content (AvgIpc) is 4.09. The van der Waals surface area contributed by atoms with Crippen LogP contribution in [0.25, 0.3) is 33.6 Å². The molecule has 12 heteroatoms. The molecular formula is C44H50N8O4. The zero-order valence-electron chi connectivity index (χ0n) is 32.2. The van der Waals surface area contributed by atoms with Crippen LogP contribution in [0.3, 0.4) is 0 Å². The molecule has 3 aromatic heterocycles. The van der Waals surface area contributed by atoms with E-state index in [1.54, 1.807) is 6.20 Å². The Morgan fingerprint density at radius 3 is 2.11 bits per heavy atom. The summed E-state index contributed by atoms with van der Waals surface area (Å²) in [6.07, 6.45) is 10.6. The van der Waals surface area contributed by atoms with Gasteiger partial charge in [0.25, 0.3) is 0 Å². The van der Waals surface area contributed by atoms with Gasteiger partial charge < -0.3 is 30.2 Å². The molecule has 12 nitrogen and oxygen atoms in total. The predicted molar refractivity (Wildman–Crippen MR) is 213 cm³/mol. The third-order valence-corrected chi connectivity index (χ3v) is 12.1. The number of pyridine rings is 1. The number of hydrogen-bond donors (Lipinski definition) is 4. The molecule has 0 radical (unpaired) electrons. The Hall–Kier alpha value is -5.78. The van der Waals surface area contributed by atoms with Gasteiger partial charge in [-0.3, -0.25) is 14.6 Å². The number of carbonyl (C=O) groups excluding carboxylic acids is 3. The molecule has 2 unspecified atom stereocenters. The van der Waals surface area contributed by atoms with Gasteiger partial charge in [-0.25, -0.2) is 14.8 Å². The van der Waals surface area contributed by atoms with Crippen molar-refractivity contribution in [2.45, 2.75) is 70.4 Å². The van der Waals surface area contributed by atoms with Crippen molar-refractivity contribution in [3.63, 3.8) is 0 Å². The number of carbonyl (C=O) groups is 3. The maximum Gasteiger partial charge on any atom is 0.407 e. The molecule has 5 aromatic rings. The summed E-state index contributed by atoms with van der Waals surface area (Å²) in [6, 6.07) is 21.9. The fourth-order valence-corrected chi connectivity index (χ4v) is 9.22. The quantitative estimate of drug-likeness (QED) is 0.106. The number of methoxy groups -OCH3 is 1. The lowest BCUT2D eigenvalue weighted by Gasteiger charge is -2.30. The molecule has 1 saturated heterocycles. The number of H-pyrrole nitrogens is 2. The molecule has 3 fully saturated rings. The summed E-state index contributed by atoms with van der Waals surface area (Å²) >= 11 is 0. The molecule has 2 aliphatic carbocycles. The Labute approximate surface area is 327 Å². The Morgan fingerprint density at radius 1 is 0.821 bits per heavy atom. The lowest BCUT2D eigenvalue weighted by Crippen LogP contribution is -2.51. The Morgan fingerprint density at radius 2 is 1.46 bits per heavy atom. The summed E-state index contributed by atoms with van der Waals surface area (Å²) in [5.41, 5.74) is 7.05. The van der Waals surface area contributed by atoms with E-state index in [2.05, 4.69) is 79.1 Å². The number of likely N-dealkylation sites (tertiary alicyclic amines) is 1. The molecule has 4 N–H and O–H groups in total. The van der Waals surface area contributed by atoms with E-state index >= 15 is 0 Å². The highest BCUT2D eigenvalue weighted by molar-refractivity contribution is 5.86. The zero-order valence-corrected chi connectivity index (χ0v) is 32.2. The second-order valence-electron chi connectivity index (χ2n) is 15.8. The number of benzene rings is 2. The van der Waals surface area contributed by atoms with E-state index in [0.717, 1.165) is 89.5 Å². The first-order valence-corrected chi connectivity index (χ1v) is 19.9. The number of hydrogen-bond acceptors (Lipinski definition) is 7. The number of aromatic nitrogens is 5. The fraction of sp³-hybridized carbons (Fsp3) is 0.409. The second kappa shape index (κ2) is 16.1. The lowest BCUT2D eigenvalue weighted by molar-refractivity contribution is -0.135. The van der Waals surface area contributed by atoms with E-state index in [4.69, 9.17) is 9.72 Å². The van der Waals surface area contributed by atoms with E-state index in [9.17, 15) is 14.4 Å². The van der Waals surface area contributed by atoms with Crippen molar-refractivity contribution in [3.8, 4) is 33.6 Å². The normalized spacial score (nSPS) is 22.0. The number of nitrogens with zero attached hydrogens (tertiary/aromatic N) is 4. The predicted octanol–water partition coefficient (Wildman–Crippen LogP) is 7.06. The first kappa shape index (κ1) is 37.2. The molecule has 6 atom stereocenters. The van der Waals surface area contributed by atoms with Gasteiger partial charge in [0.2, 0.25) is 11.8 Å². The summed E-state index contributed by atoms with van der Waals surface area (Å²) in [5.74, 6) is 2.50. The molecule has 8 rings (SSSR count). The van der Waals surface area contributed by atoms with Crippen molar-refractivity contribution in [3.05, 3.63) is 103 Å². The van der Waals surface area contributed by atoms with Crippen molar-refractivity contribution in [2.75, 3.05) is 20.2 Å². The van der Waals surface area contributed by atoms with Gasteiger partial charge in [0.15, 0.2) is 0 Å². The summed E-state index contributed by atoms with van der Waals surface area (Å²) in [6.45, 7) is 5.01. The zero-order chi connectivity index (χ0) is 38.8. The maximum absolute atomic E-state index is 13.5. The van der Waals surface area contributed by atoms with Gasteiger partial charge in [-0.15, -0.1) is 0 Å². The number of fused-ring (bicyclic) bond motifs is 2. The van der Waals surface area contributed by atoms with Gasteiger partial charge >= 0.3 is 6.09 Å². The van der Waals surface area contributed by atoms with Crippen LogP contribution in [-0.4, -0.2) is 74.0 Å². The van der Waals surface area contributed by atoms with Crippen LogP contribution in [0.15, 0.2) is 85.3 Å². The smallest absolute Gasteiger partial charge is 0.407 e. The fourth-order valence-electron chi connectivity index (χ4n) is 9.22. The summed E-state index contributed by atoms with van der Waals surface area (Å²) in [7, 11) is 1.30. The summed E-state index contributed by atoms with van der Waals surface area (Å²) in [5, 5.41) is 5.91. The molecule has 1 aliphatic heterocycles. The third kappa shape index (κ3) is 7.56. The Balaban J connectivity index is 0.906. The molecule has 4 heterocycles. The topological polar surface area (TPSA) is 158 Å². The van der Waals surface area contributed by atoms with Gasteiger partial charge in [0.05, 0.1) is 42.9 Å². The average molecular weight is 755 g/mol. The van der Waals surface area contributed by atoms with Crippen molar-refractivity contribution in [1.82, 2.24) is 40.5 Å². The summed E-state index contributed by atoms with van der Waals surface area (Å²) in [4.78, 5) is 61.8. The maximum atomic E-state index is 13.5. The van der Waals surface area contributed by atoms with Gasteiger partial charge in [-0.2, -0.15) is 0 Å². The van der Waals surface area contributed by atoms with Crippen molar-refractivity contribution in [1.29, 1.82) is 0 Å². The van der Waals surface area contributed by atoms with Crippen molar-refractivity contribution < 1.29 is 19.1 Å². The highest BCUT2D eigenvalue weighted by Crippen LogP contribution is 2.56. The largest absolute Gasteiger partial charge is 0.453 e. The highest BCUT2D eigenvalue weighted by Gasteiger charge is 2.52. The van der Waals surface area contributed by atoms with Crippen LogP contribution in [-0.2, 0) is 20.7 Å². The van der Waals surface area contributed by atoms with E-state index in [-0.39, 0.29) is 35.6 Å². The third-order valence-electron chi connectivity index (χ3n) is 12.1. The second-order valence-corrected chi connectivity index (χ2v) is 15.8. The number of rotatable bonds is 12. The minimum Gasteiger partial charge on any atom is -0.453 e. The highest BCUT2D eigenvalue weighted by atomic mass is 16.5. The van der Waals surface area contributed by atoms with Crippen LogP contribution in [0.5, 0.6) is 0 Å². The van der Waals surface area contributed by atoms with E-state index in [1.165, 1.54) is 7.11 Å². The Bertz CT molecular complexity index is 2150. The SMILES string of the molecule is COC(=O)N[C@H](C(=O)N1CCC[C@H]1c1ncc(-c2ccc(-c3ccc(-c4cnc([C@H]5C6CCC(C6)[C@@H]5C(=O)NCCc5ccccn5)[nH]4)cc3)cc2)[nH]1)C(C)C. The first-order chi connectivity index (χ1) is 27.3. The number of aromatic amines is 2. The van der Waals surface area contributed by atoms with Crippen LogP contribution in [0.2, 0.25) is 0 Å². The lowest BCUT2D eigenvalue weighted by atomic mass is 9.78. The van der Waals surface area contributed by atoms with Crippen LogP contribution in [0.4, 0.5) is 4.79 Å². The number of amides is 3. The minimum atomic E-state index is -0.676. The molecule has 3 amide bonds. The molecular weight excluding hydrogens is 705 g/mol. The molecule has 3 aliphatic rings. The molecule has 290 valence electrons. The number of alkyl carbamates (subject to hydrolysis) is 1. The van der Waals surface area contributed by atoms with E-state index in [0.29, 0.717) is 24.9 Å². The molecule has 56 heavy (non-hydrogen) atoms. The first-order valence-electron chi connectivity index (χ1n) is 19.9. The van der Waals surface area contributed by atoms with Crippen LogP contribution in [0, 0.1) is 23.7 Å². The van der Waals surface area contributed by atoms with Crippen LogP contribution < -0.4 is 10.6 Å². The van der Waals surface area contributed by atoms with Crippen LogP contribution in [0.1, 0.15) is 75.3 Å². The molecule has 2 aromatic carbocycles. The van der Waals surface area contributed by atoms with Crippen LogP contribution >= 0.6 is 0 Å². The van der Waals surface area contributed by atoms with Gasteiger partial charge in [0.1, 0.15) is 17.7 Å². The van der Waals surface area contributed by atoms with Gasteiger partial charge in [-0.05, 0) is 84.2 Å². The van der Waals surface area contributed by atoms with Gasteiger partial charge in [-0.1, -0.05) is 68.4 Å². The minimum absolute atomic E-state index is 0.0592. The van der Waals surface area contributed by atoms with Gasteiger partial charge in [0, 0.05) is 37.3 Å². The number of ether oxygens (including phenoxy) is 1. The monoisotopic (exact) mass is 754 g/mol. The number of nitrogens with one attached hydrogen (secondary N) is 4. The van der Waals surface area contributed by atoms with E-state index < -0.39 is 12.1 Å². The van der Waals surface area contributed by atoms with Crippen molar-refractivity contribution in [2.24, 2.45) is 23.7 Å². The van der Waals surface area contributed by atoms with E-state index in [1.807, 2.05) is 49.3 Å².